The minimum atomic E-state index is -0.275. The monoisotopic (exact) mass is 364 g/mol. The molecule has 1 amide bonds. The van der Waals surface area contributed by atoms with E-state index >= 15 is 0 Å². The summed E-state index contributed by atoms with van der Waals surface area (Å²) in [6.45, 7) is 0.670. The second-order valence-corrected chi connectivity index (χ2v) is 5.55. The highest BCUT2D eigenvalue weighted by Gasteiger charge is 2.13. The summed E-state index contributed by atoms with van der Waals surface area (Å²) in [5.41, 5.74) is 0.364. The van der Waals surface area contributed by atoms with E-state index < -0.39 is 0 Å². The Morgan fingerprint density at radius 2 is 1.74 bits per heavy atom. The molecule has 0 radical (unpaired) electrons. The van der Waals surface area contributed by atoms with Gasteiger partial charge in [0.25, 0.3) is 5.91 Å². The number of ether oxygens (including phenoxy) is 3. The summed E-state index contributed by atoms with van der Waals surface area (Å²) >= 11 is 0. The van der Waals surface area contributed by atoms with Crippen molar-refractivity contribution in [3.8, 4) is 23.1 Å². The van der Waals surface area contributed by atoms with E-state index in [1.165, 1.54) is 0 Å². The molecule has 1 N–H and O–H groups in total. The van der Waals surface area contributed by atoms with Crippen LogP contribution in [0.15, 0.2) is 72.9 Å². The zero-order chi connectivity index (χ0) is 18.9. The summed E-state index contributed by atoms with van der Waals surface area (Å²) in [6.07, 6.45) is 1.58. The maximum atomic E-state index is 12.5. The van der Waals surface area contributed by atoms with Crippen molar-refractivity contribution in [1.82, 2.24) is 10.3 Å². The summed E-state index contributed by atoms with van der Waals surface area (Å²) in [5, 5.41) is 2.81. The Bertz CT molecular complexity index is 884. The minimum Gasteiger partial charge on any atom is -0.497 e. The van der Waals surface area contributed by atoms with E-state index in [-0.39, 0.29) is 11.8 Å². The number of nitrogens with zero attached hydrogens (tertiary/aromatic N) is 1. The van der Waals surface area contributed by atoms with Gasteiger partial charge in [0.05, 0.1) is 13.7 Å². The maximum absolute atomic E-state index is 12.5. The number of hydrogen-bond donors (Lipinski definition) is 1. The van der Waals surface area contributed by atoms with Crippen LogP contribution < -0.4 is 19.5 Å². The Morgan fingerprint density at radius 3 is 2.56 bits per heavy atom. The molecular weight excluding hydrogens is 344 g/mol. The van der Waals surface area contributed by atoms with Crippen LogP contribution >= 0.6 is 0 Å². The first-order valence-electron chi connectivity index (χ1n) is 8.49. The van der Waals surface area contributed by atoms with E-state index in [4.69, 9.17) is 14.2 Å². The Labute approximate surface area is 157 Å². The van der Waals surface area contributed by atoms with Gasteiger partial charge in [0.2, 0.25) is 5.88 Å². The maximum Gasteiger partial charge on any atom is 0.256 e. The van der Waals surface area contributed by atoms with Crippen molar-refractivity contribution in [1.29, 1.82) is 0 Å². The van der Waals surface area contributed by atoms with Crippen LogP contribution in [-0.4, -0.2) is 31.2 Å². The third-order valence-corrected chi connectivity index (χ3v) is 3.67. The molecule has 6 nitrogen and oxygen atoms in total. The average Bonchev–Trinajstić information content (AvgIpc) is 2.72. The van der Waals surface area contributed by atoms with Gasteiger partial charge < -0.3 is 19.5 Å². The predicted molar refractivity (Wildman–Crippen MR) is 102 cm³/mol. The number of carbonyl (C=O) groups excluding carboxylic acids is 1. The SMILES string of the molecule is COc1cccc(OCCNC(=O)c2cccnc2Oc2ccccc2)c1. The molecule has 0 aliphatic heterocycles. The quantitative estimate of drug-likeness (QED) is 0.617. The molecular formula is C21H20N2O4. The number of amides is 1. The van der Waals surface area contributed by atoms with Crippen molar-refractivity contribution in [2.75, 3.05) is 20.3 Å². The van der Waals surface area contributed by atoms with Gasteiger partial charge in [0.1, 0.15) is 29.4 Å². The minimum absolute atomic E-state index is 0.259. The zero-order valence-electron chi connectivity index (χ0n) is 14.9. The van der Waals surface area contributed by atoms with Gasteiger partial charge in [-0.3, -0.25) is 4.79 Å². The van der Waals surface area contributed by atoms with E-state index in [0.29, 0.717) is 30.2 Å². The van der Waals surface area contributed by atoms with Crippen molar-refractivity contribution in [3.63, 3.8) is 0 Å². The molecule has 0 atom stereocenters. The lowest BCUT2D eigenvalue weighted by Gasteiger charge is -2.11. The van der Waals surface area contributed by atoms with Crippen molar-refractivity contribution < 1.29 is 19.0 Å². The standard InChI is InChI=1S/C21H20N2O4/c1-25-17-9-5-10-18(15-17)26-14-13-22-20(24)19-11-6-12-23-21(19)27-16-7-3-2-4-8-16/h2-12,15H,13-14H2,1H3,(H,22,24). The molecule has 0 aliphatic rings. The molecule has 2 aromatic carbocycles. The number of benzene rings is 2. The summed E-state index contributed by atoms with van der Waals surface area (Å²) in [5.74, 6) is 2.00. The highest BCUT2D eigenvalue weighted by atomic mass is 16.5. The van der Waals surface area contributed by atoms with Crippen molar-refractivity contribution in [2.24, 2.45) is 0 Å². The number of hydrogen-bond acceptors (Lipinski definition) is 5. The lowest BCUT2D eigenvalue weighted by atomic mass is 10.2. The lowest BCUT2D eigenvalue weighted by Crippen LogP contribution is -2.28. The van der Waals surface area contributed by atoms with Gasteiger partial charge >= 0.3 is 0 Å². The van der Waals surface area contributed by atoms with Crippen LogP contribution in [0.5, 0.6) is 23.1 Å². The van der Waals surface area contributed by atoms with Crippen molar-refractivity contribution in [2.45, 2.75) is 0 Å². The zero-order valence-corrected chi connectivity index (χ0v) is 14.9. The van der Waals surface area contributed by atoms with Crippen LogP contribution in [0.25, 0.3) is 0 Å². The first kappa shape index (κ1) is 18.3. The number of carbonyl (C=O) groups is 1. The number of pyridine rings is 1. The summed E-state index contributed by atoms with van der Waals surface area (Å²) in [4.78, 5) is 16.6. The summed E-state index contributed by atoms with van der Waals surface area (Å²) in [7, 11) is 1.60. The first-order valence-corrected chi connectivity index (χ1v) is 8.49. The van der Waals surface area contributed by atoms with Gasteiger partial charge in [-0.25, -0.2) is 4.98 Å². The topological polar surface area (TPSA) is 69.7 Å². The smallest absolute Gasteiger partial charge is 0.256 e. The van der Waals surface area contributed by atoms with Crippen LogP contribution in [-0.2, 0) is 0 Å². The molecule has 1 heterocycles. The van der Waals surface area contributed by atoms with Crippen LogP contribution in [0.2, 0.25) is 0 Å². The first-order chi connectivity index (χ1) is 13.3. The summed E-state index contributed by atoms with van der Waals surface area (Å²) in [6, 6.07) is 19.9. The van der Waals surface area contributed by atoms with E-state index in [1.54, 1.807) is 43.6 Å². The number of para-hydroxylation sites is 1. The molecule has 0 aliphatic carbocycles. The Balaban J connectivity index is 1.55. The van der Waals surface area contributed by atoms with Crippen LogP contribution in [0.4, 0.5) is 0 Å². The third kappa shape index (κ3) is 5.22. The van der Waals surface area contributed by atoms with E-state index in [9.17, 15) is 4.79 Å². The molecule has 0 fully saturated rings. The fourth-order valence-electron chi connectivity index (χ4n) is 2.36. The van der Waals surface area contributed by atoms with E-state index in [2.05, 4.69) is 10.3 Å². The Hall–Kier alpha value is -3.54. The second-order valence-electron chi connectivity index (χ2n) is 5.55. The summed E-state index contributed by atoms with van der Waals surface area (Å²) < 4.78 is 16.5. The van der Waals surface area contributed by atoms with Gasteiger partial charge in [-0.05, 0) is 36.4 Å². The fourth-order valence-corrected chi connectivity index (χ4v) is 2.36. The van der Waals surface area contributed by atoms with Gasteiger partial charge in [-0.2, -0.15) is 0 Å². The number of nitrogens with one attached hydrogen (secondary N) is 1. The van der Waals surface area contributed by atoms with E-state index in [0.717, 1.165) is 5.75 Å². The molecule has 3 aromatic rings. The molecule has 0 unspecified atom stereocenters. The Kier molecular flexibility index (Phi) is 6.25. The molecule has 1 aromatic heterocycles. The molecule has 138 valence electrons. The molecule has 3 rings (SSSR count). The molecule has 0 saturated heterocycles. The number of methoxy groups -OCH3 is 1. The Morgan fingerprint density at radius 1 is 0.963 bits per heavy atom. The van der Waals surface area contributed by atoms with Gasteiger partial charge in [-0.15, -0.1) is 0 Å². The van der Waals surface area contributed by atoms with Crippen molar-refractivity contribution in [3.05, 3.63) is 78.5 Å². The molecule has 0 saturated carbocycles. The third-order valence-electron chi connectivity index (χ3n) is 3.67. The molecule has 27 heavy (non-hydrogen) atoms. The van der Waals surface area contributed by atoms with Crippen LogP contribution in [0, 0.1) is 0 Å². The predicted octanol–water partition coefficient (Wildman–Crippen LogP) is 3.69. The second kappa shape index (κ2) is 9.24. The molecule has 0 spiro atoms. The van der Waals surface area contributed by atoms with Gasteiger partial charge in [0, 0.05) is 12.3 Å². The van der Waals surface area contributed by atoms with Gasteiger partial charge in [-0.1, -0.05) is 24.3 Å². The van der Waals surface area contributed by atoms with Crippen LogP contribution in [0.3, 0.4) is 0 Å². The highest BCUT2D eigenvalue weighted by molar-refractivity contribution is 5.96. The van der Waals surface area contributed by atoms with Crippen molar-refractivity contribution >= 4 is 5.91 Å². The number of rotatable bonds is 8. The van der Waals surface area contributed by atoms with Gasteiger partial charge in [0.15, 0.2) is 0 Å². The molecule has 0 bridgehead atoms. The number of aromatic nitrogens is 1. The molecule has 6 heteroatoms. The fraction of sp³-hybridized carbons (Fsp3) is 0.143. The lowest BCUT2D eigenvalue weighted by molar-refractivity contribution is 0.0944. The van der Waals surface area contributed by atoms with E-state index in [1.807, 2.05) is 36.4 Å². The normalized spacial score (nSPS) is 10.1. The largest absolute Gasteiger partial charge is 0.497 e. The van der Waals surface area contributed by atoms with Crippen LogP contribution in [0.1, 0.15) is 10.4 Å². The average molecular weight is 364 g/mol. The highest BCUT2D eigenvalue weighted by Crippen LogP contribution is 2.22.